The van der Waals surface area contributed by atoms with Gasteiger partial charge < -0.3 is 29.6 Å². The third-order valence-corrected chi connectivity index (χ3v) is 6.90. The van der Waals surface area contributed by atoms with Crippen molar-refractivity contribution in [2.75, 3.05) is 45.7 Å². The summed E-state index contributed by atoms with van der Waals surface area (Å²) in [4.78, 5) is 33.9. The zero-order chi connectivity index (χ0) is 26.6. The predicted octanol–water partition coefficient (Wildman–Crippen LogP) is 3.95. The highest BCUT2D eigenvalue weighted by molar-refractivity contribution is 5.98. The Labute approximate surface area is 222 Å². The Morgan fingerprint density at radius 1 is 0.974 bits per heavy atom. The number of carbonyl (C=O) groups excluding carboxylic acids is 1. The van der Waals surface area contributed by atoms with Crippen LogP contribution in [0.25, 0.3) is 22.3 Å². The average molecular weight is 516 g/mol. The molecule has 1 fully saturated rings. The van der Waals surface area contributed by atoms with E-state index in [1.165, 1.54) is 0 Å². The van der Waals surface area contributed by atoms with Crippen LogP contribution in [0.5, 0.6) is 5.75 Å². The van der Waals surface area contributed by atoms with E-state index in [1.54, 1.807) is 19.5 Å². The lowest BCUT2D eigenvalue weighted by molar-refractivity contribution is 0.0232. The Kier molecular flexibility index (Phi) is 7.52. The molecule has 1 aliphatic heterocycles. The van der Waals surface area contributed by atoms with Crippen LogP contribution in [-0.4, -0.2) is 88.2 Å². The van der Waals surface area contributed by atoms with E-state index >= 15 is 0 Å². The van der Waals surface area contributed by atoms with Gasteiger partial charge in [-0.3, -0.25) is 9.78 Å². The Morgan fingerprint density at radius 3 is 2.55 bits per heavy atom. The highest BCUT2D eigenvalue weighted by Gasteiger charge is 2.22. The number of hydrogen-bond donors (Lipinski definition) is 2. The Hall–Kier alpha value is -4.02. The molecular weight excluding hydrogens is 482 g/mol. The summed E-state index contributed by atoms with van der Waals surface area (Å²) in [6.07, 6.45) is 3.24. The molecule has 0 unspecified atom stereocenters. The number of likely N-dealkylation sites (N-methyl/N-ethyl adjacent to an activating group) is 1. The molecule has 0 bridgehead atoms. The first kappa shape index (κ1) is 25.6. The van der Waals surface area contributed by atoms with Crippen LogP contribution in [0.2, 0.25) is 0 Å². The number of carbonyl (C=O) groups is 1. The van der Waals surface area contributed by atoms with Gasteiger partial charge in [-0.25, -0.2) is 9.97 Å². The van der Waals surface area contributed by atoms with Gasteiger partial charge in [-0.2, -0.15) is 0 Å². The number of pyridine rings is 1. The third-order valence-electron chi connectivity index (χ3n) is 6.90. The molecule has 10 heteroatoms. The maximum absolute atomic E-state index is 13.0. The molecule has 10 nitrogen and oxygen atoms in total. The number of ether oxygens (including phenoxy) is 2. The normalized spacial score (nSPS) is 15.8. The molecule has 2 N–H and O–H groups in total. The van der Waals surface area contributed by atoms with Gasteiger partial charge >= 0.3 is 0 Å². The fourth-order valence-electron chi connectivity index (χ4n) is 4.32. The number of aromatic nitrogens is 4. The average Bonchev–Trinajstić information content (AvgIpc) is 3.36. The number of aromatic amines is 1. The van der Waals surface area contributed by atoms with Gasteiger partial charge in [0, 0.05) is 68.3 Å². The van der Waals surface area contributed by atoms with Crippen LogP contribution in [0.4, 0.5) is 11.6 Å². The van der Waals surface area contributed by atoms with E-state index in [0.717, 1.165) is 42.8 Å². The van der Waals surface area contributed by atoms with Gasteiger partial charge in [-0.05, 0) is 57.3 Å². The van der Waals surface area contributed by atoms with Crippen LogP contribution >= 0.6 is 0 Å². The first-order valence-electron chi connectivity index (χ1n) is 12.8. The van der Waals surface area contributed by atoms with Gasteiger partial charge in [0.25, 0.3) is 5.91 Å². The number of fused-ring (bicyclic) bond motifs is 1. The summed E-state index contributed by atoms with van der Waals surface area (Å²) in [7, 11) is 3.74. The summed E-state index contributed by atoms with van der Waals surface area (Å²) >= 11 is 0. The maximum atomic E-state index is 13.0. The second-order valence-electron chi connectivity index (χ2n) is 9.61. The second kappa shape index (κ2) is 11.2. The first-order chi connectivity index (χ1) is 18.4. The molecule has 4 heterocycles. The molecule has 4 aromatic rings. The minimum absolute atomic E-state index is 0.0321. The Morgan fingerprint density at radius 2 is 1.76 bits per heavy atom. The molecule has 198 valence electrons. The number of hydrogen-bond acceptors (Lipinski definition) is 8. The van der Waals surface area contributed by atoms with Gasteiger partial charge in [0.15, 0.2) is 0 Å². The molecular formula is C28H33N7O3. The quantitative estimate of drug-likeness (QED) is 0.363. The van der Waals surface area contributed by atoms with Crippen LogP contribution in [-0.2, 0) is 4.74 Å². The summed E-state index contributed by atoms with van der Waals surface area (Å²) in [6, 6.07) is 13.3. The van der Waals surface area contributed by atoms with E-state index < -0.39 is 0 Å². The van der Waals surface area contributed by atoms with E-state index in [-0.39, 0.29) is 18.1 Å². The summed E-state index contributed by atoms with van der Waals surface area (Å²) in [6.45, 7) is 7.18. The van der Waals surface area contributed by atoms with Crippen molar-refractivity contribution < 1.29 is 14.3 Å². The van der Waals surface area contributed by atoms with Gasteiger partial charge in [0.1, 0.15) is 17.5 Å². The first-order valence-corrected chi connectivity index (χ1v) is 12.8. The number of amides is 1. The maximum Gasteiger partial charge on any atom is 0.270 e. The number of anilines is 2. The van der Waals surface area contributed by atoms with E-state index in [2.05, 4.69) is 37.2 Å². The molecule has 1 amide bonds. The number of H-pyrrole nitrogens is 1. The van der Waals surface area contributed by atoms with E-state index in [0.29, 0.717) is 28.8 Å². The molecule has 0 radical (unpaired) electrons. The minimum atomic E-state index is -0.112. The lowest BCUT2D eigenvalue weighted by atomic mass is 10.2. The molecule has 1 aromatic carbocycles. The number of piperazine rings is 1. The smallest absolute Gasteiger partial charge is 0.270 e. The van der Waals surface area contributed by atoms with Crippen molar-refractivity contribution in [2.24, 2.45) is 0 Å². The van der Waals surface area contributed by atoms with E-state index in [1.807, 2.05) is 61.2 Å². The van der Waals surface area contributed by atoms with Crippen LogP contribution in [0.3, 0.4) is 0 Å². The van der Waals surface area contributed by atoms with Crippen molar-refractivity contribution in [3.63, 3.8) is 0 Å². The lowest BCUT2D eigenvalue weighted by Gasteiger charge is -2.32. The van der Waals surface area contributed by atoms with Crippen LogP contribution in [0.1, 0.15) is 24.3 Å². The second-order valence-corrected chi connectivity index (χ2v) is 9.61. The molecule has 1 aliphatic rings. The number of rotatable bonds is 8. The van der Waals surface area contributed by atoms with Crippen molar-refractivity contribution >= 4 is 28.4 Å². The van der Waals surface area contributed by atoms with Crippen LogP contribution in [0.15, 0.2) is 54.9 Å². The largest absolute Gasteiger partial charge is 0.488 e. The molecule has 0 aliphatic carbocycles. The molecule has 5 rings (SSSR count). The Bertz CT molecular complexity index is 1410. The molecule has 0 saturated carbocycles. The van der Waals surface area contributed by atoms with Crippen molar-refractivity contribution in [1.82, 2.24) is 29.7 Å². The van der Waals surface area contributed by atoms with Crippen molar-refractivity contribution in [2.45, 2.75) is 26.1 Å². The van der Waals surface area contributed by atoms with Crippen molar-refractivity contribution in [3.05, 3.63) is 60.6 Å². The fraction of sp³-hybridized carbons (Fsp3) is 0.357. The summed E-state index contributed by atoms with van der Waals surface area (Å²) in [5.41, 5.74) is 3.67. The lowest BCUT2D eigenvalue weighted by Crippen LogP contribution is -2.47. The number of nitrogens with zero attached hydrogens (tertiary/aromatic N) is 5. The molecule has 3 aromatic heterocycles. The van der Waals surface area contributed by atoms with Crippen LogP contribution < -0.4 is 10.1 Å². The van der Waals surface area contributed by atoms with Gasteiger partial charge in [0.05, 0.1) is 17.5 Å². The van der Waals surface area contributed by atoms with Crippen LogP contribution in [0, 0.1) is 0 Å². The monoisotopic (exact) mass is 515 g/mol. The Balaban J connectivity index is 1.30. The summed E-state index contributed by atoms with van der Waals surface area (Å²) in [5, 5.41) is 4.21. The van der Waals surface area contributed by atoms with Gasteiger partial charge in [-0.1, -0.05) is 0 Å². The summed E-state index contributed by atoms with van der Waals surface area (Å²) < 4.78 is 11.4. The molecule has 0 spiro atoms. The van der Waals surface area contributed by atoms with Gasteiger partial charge in [-0.15, -0.1) is 0 Å². The minimum Gasteiger partial charge on any atom is -0.488 e. The van der Waals surface area contributed by atoms with Crippen molar-refractivity contribution in [1.29, 1.82) is 0 Å². The fourth-order valence-corrected chi connectivity index (χ4v) is 4.32. The van der Waals surface area contributed by atoms with Gasteiger partial charge in [0.2, 0.25) is 5.95 Å². The zero-order valence-corrected chi connectivity index (χ0v) is 22.1. The highest BCUT2D eigenvalue weighted by atomic mass is 16.5. The number of benzene rings is 1. The number of methoxy groups -OCH3 is 1. The predicted molar refractivity (Wildman–Crippen MR) is 147 cm³/mol. The SMILES string of the molecule is CO[C@@H](C)[C@H](C)Oc1ccnc(-c2ccnc(Nc3ccc4[nH]c(C(=O)N5CCN(C)CC5)cc4c3)n2)c1. The number of nitrogens with one attached hydrogen (secondary N) is 2. The third kappa shape index (κ3) is 5.76. The topological polar surface area (TPSA) is 108 Å². The molecule has 38 heavy (non-hydrogen) atoms. The van der Waals surface area contributed by atoms with Crippen molar-refractivity contribution in [3.8, 4) is 17.1 Å². The highest BCUT2D eigenvalue weighted by Crippen LogP contribution is 2.25. The zero-order valence-electron chi connectivity index (χ0n) is 22.1. The molecule has 2 atom stereocenters. The van der Waals surface area contributed by atoms with E-state index in [4.69, 9.17) is 9.47 Å². The van der Waals surface area contributed by atoms with E-state index in [9.17, 15) is 4.79 Å². The summed E-state index contributed by atoms with van der Waals surface area (Å²) in [5.74, 6) is 1.17. The molecule has 1 saturated heterocycles. The standard InChI is InChI=1S/C28H33N7O3/c1-18(37-4)19(2)38-22-7-9-29-25(17-22)24-8-10-30-28(33-24)31-21-5-6-23-20(15-21)16-26(32-23)27(36)35-13-11-34(3)12-14-35/h5-10,15-19,32H,11-14H2,1-4H3,(H,30,31,33)/t18-,19-/m0/s1.